The summed E-state index contributed by atoms with van der Waals surface area (Å²) in [6.07, 6.45) is -4.26. The van der Waals surface area contributed by atoms with Crippen molar-refractivity contribution < 1.29 is 67.0 Å². The normalized spacial score (nSPS) is 32.8. The number of fused-ring (bicyclic) bond motifs is 7. The molecule has 27 nitrogen and oxygen atoms in total. The highest BCUT2D eigenvalue weighted by molar-refractivity contribution is 7.47. The number of allylic oxidation sites excluding steroid dienone is 6. The van der Waals surface area contributed by atoms with Gasteiger partial charge in [-0.15, -0.1) is 0 Å². The van der Waals surface area contributed by atoms with Crippen LogP contribution in [-0.4, -0.2) is 132 Å². The number of aromatic nitrogens is 2. The number of phosphoric ester groups is 1. The van der Waals surface area contributed by atoms with E-state index in [4.69, 9.17) is 63.2 Å². The molecule has 0 radical (unpaired) electrons. The average molecular weight is 1270 g/mol. The van der Waals surface area contributed by atoms with E-state index in [0.29, 0.717) is 56.4 Å². The molecule has 1 aromatic carbocycles. The van der Waals surface area contributed by atoms with Gasteiger partial charge in [0.1, 0.15) is 18.3 Å². The summed E-state index contributed by atoms with van der Waals surface area (Å²) in [6, 6.07) is 2.70. The lowest BCUT2D eigenvalue weighted by molar-refractivity contribution is -0.124. The smallest absolute Gasteiger partial charge is 0.394 e. The van der Waals surface area contributed by atoms with Gasteiger partial charge in [0.2, 0.25) is 41.4 Å². The van der Waals surface area contributed by atoms with Crippen molar-refractivity contribution >= 4 is 77.3 Å². The number of primary amides is 6. The Hall–Kier alpha value is -7.00. The van der Waals surface area contributed by atoms with Crippen LogP contribution in [0.4, 0.5) is 0 Å². The van der Waals surface area contributed by atoms with Crippen LogP contribution in [0.25, 0.3) is 11.0 Å². The van der Waals surface area contributed by atoms with Crippen molar-refractivity contribution in [3.8, 4) is 0 Å². The number of aryl methyl sites for hydroxylation is 2. The molecule has 8 bridgehead atoms. The third kappa shape index (κ3) is 13.0. The lowest BCUT2D eigenvalue weighted by Crippen LogP contribution is -2.56. The van der Waals surface area contributed by atoms with Crippen LogP contribution in [0.3, 0.4) is 0 Å². The minimum absolute atomic E-state index is 0.0114. The number of ether oxygens (including phenoxy) is 1. The van der Waals surface area contributed by atoms with Gasteiger partial charge in [0.05, 0.1) is 41.7 Å². The fourth-order valence-corrected chi connectivity index (χ4v) is 16.6. The molecule has 2 aromatic rings. The second-order valence-corrected chi connectivity index (χ2v) is 28.4. The lowest BCUT2D eigenvalue weighted by Gasteiger charge is -2.48. The zero-order valence-electron chi connectivity index (χ0n) is 53.3. The number of imidazole rings is 1. The predicted octanol–water partition coefficient (Wildman–Crippen LogP) is 3.16. The minimum Gasteiger partial charge on any atom is -0.394 e. The van der Waals surface area contributed by atoms with Gasteiger partial charge in [-0.25, -0.2) is 9.55 Å². The average Bonchev–Trinajstić information content (AvgIpc) is 1.53. The zero-order valence-corrected chi connectivity index (χ0v) is 54.1. The molecule has 2 fully saturated rings. The first-order valence-corrected chi connectivity index (χ1v) is 32.1. The van der Waals surface area contributed by atoms with Crippen molar-refractivity contribution in [2.45, 2.75) is 189 Å². The second-order valence-electron chi connectivity index (χ2n) is 27.1. The summed E-state index contributed by atoms with van der Waals surface area (Å²) in [5.41, 5.74) is 37.4. The quantitative estimate of drug-likeness (QED) is 0.0603. The molecular formula is C62H90N13O14P. The number of aliphatic hydroxyl groups is 2. The molecule has 28 heteroatoms. The molecule has 0 spiro atoms. The Balaban J connectivity index is 1.19. The van der Waals surface area contributed by atoms with Crippen LogP contribution in [0.5, 0.6) is 0 Å². The maximum atomic E-state index is 14.4. The first kappa shape index (κ1) is 68.9. The molecule has 2 unspecified atom stereocenters. The Morgan fingerprint density at radius 2 is 1.40 bits per heavy atom. The molecule has 2 saturated heterocycles. The van der Waals surface area contributed by atoms with Crippen molar-refractivity contribution in [1.82, 2.24) is 20.2 Å². The summed E-state index contributed by atoms with van der Waals surface area (Å²) >= 11 is 0. The van der Waals surface area contributed by atoms with Gasteiger partial charge in [0, 0.05) is 131 Å². The number of nitrogens with one attached hydrogen (secondary N) is 2. The predicted molar refractivity (Wildman–Crippen MR) is 334 cm³/mol. The van der Waals surface area contributed by atoms with Gasteiger partial charge in [0.15, 0.2) is 6.23 Å². The molecule has 0 aliphatic carbocycles. The molecule has 15 atom stereocenters. The topological polar surface area (TPSA) is 460 Å². The largest absolute Gasteiger partial charge is 0.472 e. The minimum atomic E-state index is -5.07. The molecule has 492 valence electrons. The number of carbonyl (C=O) groups is 7. The van der Waals surface area contributed by atoms with Crippen LogP contribution in [-0.2, 0) is 51.9 Å². The Kier molecular flexibility index (Phi) is 19.6. The molecule has 7 heterocycles. The standard InChI is InChI=1S/C62H90N13O14P/c1-29-20-39-40(21-30(29)2)75(28-70-39)57-52(84)53(41(27-76)87-57)89-90(85,86)88-31(3)26-69-49(83)18-19-59(8)37(22-46(66)80)56-62(11)61(10,25-48(68)82)36(14-17-45(65)79)51(74-62)33(5)55-60(9,24-47(67)81)34(12-15-43(63)77)38(71-55)23-42-58(6,7)35(13-16-44(64)78)50(72-42)32(4)54(59)73-56/h20-21,23,28,31,34-37,41,52-53,56-57,71,76,84H,12-19,22,24-27H2,1-11H3,(H2,63,77)(H2,64,78)(H2,65,79)(H2,66,80)(H2,67,81)(H2,68,82)(H,69,83)(H,85,86)/b38-23?,50-32?,55-33-/t31-,34+,35+,36+,37-,41+,52+,53+,56?,57-,59+,60-,61-,62-/m0/s1. The summed E-state index contributed by atoms with van der Waals surface area (Å²) < 4.78 is 32.3. The summed E-state index contributed by atoms with van der Waals surface area (Å²) in [6.45, 7) is 19.3. The molecule has 0 saturated carbocycles. The van der Waals surface area contributed by atoms with Crippen molar-refractivity contribution in [1.29, 1.82) is 0 Å². The molecular weight excluding hydrogens is 1180 g/mol. The number of phosphoric acid groups is 1. The van der Waals surface area contributed by atoms with E-state index >= 15 is 0 Å². The van der Waals surface area contributed by atoms with E-state index in [1.54, 1.807) is 4.57 Å². The van der Waals surface area contributed by atoms with Gasteiger partial charge in [-0.05, 0) is 108 Å². The number of benzene rings is 1. The van der Waals surface area contributed by atoms with E-state index in [9.17, 15) is 53.2 Å². The highest BCUT2D eigenvalue weighted by Crippen LogP contribution is 2.63. The van der Waals surface area contributed by atoms with Gasteiger partial charge in [-0.1, -0.05) is 34.6 Å². The van der Waals surface area contributed by atoms with Crippen LogP contribution in [0, 0.1) is 59.2 Å². The number of carbonyl (C=O) groups excluding carboxylic acids is 7. The number of amides is 7. The SMILES string of the molecule is CC1=C2N=C(C=C3N/C(=C(/C)C4=N[C@@](C)(C5N=C1[C@](C)(CCC(=O)NC[C@H](C)OP(=O)(O)O[C@H]1[C@@H](O)[C@@H](n6cnc7cc(C)c(C)cc76)O[C@@H]1CO)[C@H]5CC(N)=O)[C@@](C)(CC(N)=O)[C@@H]4CCC(N)=O)[C@@](C)(CC(N)=O)[C@@H]3CCC(N)=O)C(C)(C)[C@@H]2CCC(N)=O. The second kappa shape index (κ2) is 25.6. The highest BCUT2D eigenvalue weighted by Gasteiger charge is 2.66. The van der Waals surface area contributed by atoms with Crippen molar-refractivity contribution in [3.63, 3.8) is 0 Å². The first-order valence-electron chi connectivity index (χ1n) is 30.6. The molecule has 7 amide bonds. The van der Waals surface area contributed by atoms with E-state index in [-0.39, 0.29) is 77.2 Å². The van der Waals surface area contributed by atoms with Crippen LogP contribution >= 0.6 is 7.82 Å². The van der Waals surface area contributed by atoms with E-state index in [0.717, 1.165) is 11.1 Å². The fraction of sp³-hybridized carbons (Fsp3) is 0.629. The molecule has 17 N–H and O–H groups in total. The van der Waals surface area contributed by atoms with Crippen LogP contribution < -0.4 is 45.0 Å². The van der Waals surface area contributed by atoms with E-state index in [2.05, 4.69) is 15.6 Å². The molecule has 6 aliphatic rings. The Labute approximate surface area is 523 Å². The van der Waals surface area contributed by atoms with Gasteiger partial charge in [-0.3, -0.25) is 57.6 Å². The van der Waals surface area contributed by atoms with Crippen molar-refractivity contribution in [3.05, 3.63) is 63.9 Å². The van der Waals surface area contributed by atoms with E-state index in [1.807, 2.05) is 87.4 Å². The maximum absolute atomic E-state index is 14.4. The molecule has 1 aromatic heterocycles. The number of nitrogens with zero attached hydrogens (tertiary/aromatic N) is 5. The Morgan fingerprint density at radius 3 is 1.99 bits per heavy atom. The monoisotopic (exact) mass is 1270 g/mol. The first-order chi connectivity index (χ1) is 41.8. The van der Waals surface area contributed by atoms with Crippen molar-refractivity contribution in [2.24, 2.45) is 94.7 Å². The molecule has 90 heavy (non-hydrogen) atoms. The lowest BCUT2D eigenvalue weighted by atomic mass is 9.55. The molecule has 8 rings (SSSR count). The summed E-state index contributed by atoms with van der Waals surface area (Å²) in [7, 11) is -5.07. The third-order valence-corrected chi connectivity index (χ3v) is 21.7. The van der Waals surface area contributed by atoms with Gasteiger partial charge in [0.25, 0.3) is 0 Å². The summed E-state index contributed by atoms with van der Waals surface area (Å²) in [5.74, 6) is -7.18. The van der Waals surface area contributed by atoms with Crippen LogP contribution in [0.1, 0.15) is 150 Å². The Morgan fingerprint density at radius 1 is 0.800 bits per heavy atom. The highest BCUT2D eigenvalue weighted by atomic mass is 31.2. The Bertz CT molecular complexity index is 3540. The van der Waals surface area contributed by atoms with E-state index < -0.39 is 143 Å². The number of hydrogen-bond acceptors (Lipinski definition) is 18. The summed E-state index contributed by atoms with van der Waals surface area (Å²) in [4.78, 5) is 126. The van der Waals surface area contributed by atoms with Gasteiger partial charge >= 0.3 is 7.82 Å². The van der Waals surface area contributed by atoms with E-state index in [1.165, 1.54) is 13.3 Å². The number of nitrogens with two attached hydrogens (primary N) is 6. The fourth-order valence-electron chi connectivity index (χ4n) is 15.4. The molecule has 6 aliphatic heterocycles. The summed E-state index contributed by atoms with van der Waals surface area (Å²) in [5, 5.41) is 28.2. The number of rotatable bonds is 26. The number of aliphatic imine (C=N–C) groups is 3. The number of aliphatic hydroxyl groups excluding tert-OH is 2. The van der Waals surface area contributed by atoms with Crippen molar-refractivity contribution in [2.75, 3.05) is 13.2 Å². The van der Waals surface area contributed by atoms with Gasteiger partial charge < -0.3 is 69.4 Å². The maximum Gasteiger partial charge on any atom is 0.472 e. The van der Waals surface area contributed by atoms with Gasteiger partial charge in [-0.2, -0.15) is 0 Å². The zero-order chi connectivity index (χ0) is 66.7. The number of hydrogen-bond donors (Lipinski definition) is 11. The van der Waals surface area contributed by atoms with Crippen LogP contribution in [0.2, 0.25) is 0 Å². The van der Waals surface area contributed by atoms with Crippen LogP contribution in [0.15, 0.2) is 67.8 Å². The third-order valence-electron chi connectivity index (χ3n) is 20.6.